The molecule has 0 spiro atoms. The van der Waals surface area contributed by atoms with Gasteiger partial charge in [-0.1, -0.05) is 41.9 Å². The molecule has 0 aliphatic carbocycles. The quantitative estimate of drug-likeness (QED) is 0.464. The monoisotopic (exact) mass is 298 g/mol. The maximum Gasteiger partial charge on any atom is 0.185 e. The summed E-state index contributed by atoms with van der Waals surface area (Å²) in [7, 11) is 0. The van der Waals surface area contributed by atoms with Crippen molar-refractivity contribution in [2.45, 2.75) is 0 Å². The van der Waals surface area contributed by atoms with Gasteiger partial charge in [-0.2, -0.15) is 0 Å². The Bertz CT molecular complexity index is 801. The molecule has 0 unspecified atom stereocenters. The van der Waals surface area contributed by atoms with Crippen molar-refractivity contribution in [1.29, 1.82) is 0 Å². The lowest BCUT2D eigenvalue weighted by Crippen LogP contribution is -1.93. The molecule has 98 valence electrons. The molecule has 0 amide bonds. The molecule has 0 bridgehead atoms. The Hall–Kier alpha value is -1.90. The Morgan fingerprint density at radius 1 is 1.10 bits per heavy atom. The number of hydrogen-bond donors (Lipinski definition) is 0. The van der Waals surface area contributed by atoms with Gasteiger partial charge in [-0.3, -0.25) is 4.79 Å². The zero-order valence-electron chi connectivity index (χ0n) is 10.5. The number of carbonyl (C=O) groups is 1. The molecule has 0 atom stereocenters. The van der Waals surface area contributed by atoms with Crippen LogP contribution in [0.2, 0.25) is 5.02 Å². The Labute approximate surface area is 126 Å². The average molecular weight is 299 g/mol. The predicted octanol–water partition coefficient (Wildman–Crippen LogP) is 5.45. The van der Waals surface area contributed by atoms with Crippen LogP contribution in [-0.2, 0) is 0 Å². The van der Waals surface area contributed by atoms with Crippen LogP contribution in [-0.4, -0.2) is 5.78 Å². The van der Waals surface area contributed by atoms with Gasteiger partial charge in [0.05, 0.1) is 0 Å². The molecule has 0 N–H and O–H groups in total. The Balaban J connectivity index is 1.89. The summed E-state index contributed by atoms with van der Waals surface area (Å²) >= 11 is 7.57. The van der Waals surface area contributed by atoms with Crippen LogP contribution in [0.1, 0.15) is 15.9 Å². The first-order chi connectivity index (χ1) is 9.74. The van der Waals surface area contributed by atoms with E-state index in [1.807, 2.05) is 18.2 Å². The highest BCUT2D eigenvalue weighted by Gasteiger charge is 2.04. The van der Waals surface area contributed by atoms with E-state index < -0.39 is 0 Å². The molecular formula is C17H11ClOS. The number of fused-ring (bicyclic) bond motifs is 1. The summed E-state index contributed by atoms with van der Waals surface area (Å²) in [5.74, 6) is -0.0391. The van der Waals surface area contributed by atoms with Crippen molar-refractivity contribution in [3.63, 3.8) is 0 Å². The lowest BCUT2D eigenvalue weighted by atomic mass is 10.1. The van der Waals surface area contributed by atoms with Gasteiger partial charge in [0.1, 0.15) is 0 Å². The third-order valence-corrected chi connectivity index (χ3v) is 4.25. The topological polar surface area (TPSA) is 17.1 Å². The minimum absolute atomic E-state index is 0.0391. The Kier molecular flexibility index (Phi) is 3.68. The highest BCUT2D eigenvalue weighted by atomic mass is 35.5. The number of hydrogen-bond acceptors (Lipinski definition) is 2. The first-order valence-corrected chi connectivity index (χ1v) is 7.44. The lowest BCUT2D eigenvalue weighted by Gasteiger charge is -1.96. The largest absolute Gasteiger partial charge is 0.289 e. The number of rotatable bonds is 3. The molecule has 0 saturated heterocycles. The summed E-state index contributed by atoms with van der Waals surface area (Å²) in [4.78, 5) is 12.1. The van der Waals surface area contributed by atoms with Crippen molar-refractivity contribution < 1.29 is 4.79 Å². The number of carbonyl (C=O) groups excluding carboxylic acids is 1. The molecule has 3 heteroatoms. The SMILES string of the molecule is O=C(/C=C/c1csc2ccccc12)c1cccc(Cl)c1. The molecular weight excluding hydrogens is 288 g/mol. The highest BCUT2D eigenvalue weighted by molar-refractivity contribution is 7.17. The first-order valence-electron chi connectivity index (χ1n) is 6.18. The fourth-order valence-corrected chi connectivity index (χ4v) is 3.15. The van der Waals surface area contributed by atoms with Crippen LogP contribution < -0.4 is 0 Å². The van der Waals surface area contributed by atoms with Crippen molar-refractivity contribution in [3.05, 3.63) is 76.1 Å². The van der Waals surface area contributed by atoms with Crippen LogP contribution in [0.4, 0.5) is 0 Å². The fraction of sp³-hybridized carbons (Fsp3) is 0. The van der Waals surface area contributed by atoms with E-state index in [2.05, 4.69) is 17.5 Å². The minimum Gasteiger partial charge on any atom is -0.289 e. The average Bonchev–Trinajstić information content (AvgIpc) is 2.88. The molecule has 0 aliphatic heterocycles. The molecule has 0 fully saturated rings. The van der Waals surface area contributed by atoms with Gasteiger partial charge in [0.15, 0.2) is 5.78 Å². The fourth-order valence-electron chi connectivity index (χ4n) is 2.03. The smallest absolute Gasteiger partial charge is 0.185 e. The number of benzene rings is 2. The van der Waals surface area contributed by atoms with E-state index in [1.54, 1.807) is 41.7 Å². The molecule has 0 radical (unpaired) electrons. The van der Waals surface area contributed by atoms with Gasteiger partial charge < -0.3 is 0 Å². The molecule has 2 aromatic carbocycles. The molecule has 0 aliphatic rings. The molecule has 20 heavy (non-hydrogen) atoms. The van der Waals surface area contributed by atoms with E-state index in [0.29, 0.717) is 10.6 Å². The number of halogens is 1. The van der Waals surface area contributed by atoms with Gasteiger partial charge in [-0.25, -0.2) is 0 Å². The Morgan fingerprint density at radius 2 is 1.95 bits per heavy atom. The van der Waals surface area contributed by atoms with Gasteiger partial charge >= 0.3 is 0 Å². The van der Waals surface area contributed by atoms with Crippen molar-refractivity contribution in [1.82, 2.24) is 0 Å². The zero-order chi connectivity index (χ0) is 13.9. The molecule has 3 aromatic rings. The minimum atomic E-state index is -0.0391. The van der Waals surface area contributed by atoms with E-state index in [1.165, 1.54) is 10.1 Å². The van der Waals surface area contributed by atoms with Crippen LogP contribution in [0.5, 0.6) is 0 Å². The number of allylic oxidation sites excluding steroid dienone is 1. The van der Waals surface area contributed by atoms with Gasteiger partial charge in [-0.15, -0.1) is 11.3 Å². The summed E-state index contributed by atoms with van der Waals surface area (Å²) in [5, 5.41) is 3.81. The van der Waals surface area contributed by atoms with Gasteiger partial charge in [0, 0.05) is 15.3 Å². The summed E-state index contributed by atoms with van der Waals surface area (Å²) in [6, 6.07) is 15.2. The van der Waals surface area contributed by atoms with Crippen molar-refractivity contribution in [3.8, 4) is 0 Å². The maximum absolute atomic E-state index is 12.1. The molecule has 1 nitrogen and oxygen atoms in total. The second-order valence-corrected chi connectivity index (χ2v) is 5.74. The van der Waals surface area contributed by atoms with Crippen molar-refractivity contribution in [2.24, 2.45) is 0 Å². The molecule has 3 rings (SSSR count). The molecule has 1 heterocycles. The second-order valence-electron chi connectivity index (χ2n) is 4.40. The number of ketones is 1. The van der Waals surface area contributed by atoms with Crippen LogP contribution in [0.25, 0.3) is 16.2 Å². The Morgan fingerprint density at radius 3 is 2.80 bits per heavy atom. The van der Waals surface area contributed by atoms with Crippen LogP contribution in [0.15, 0.2) is 60.0 Å². The normalized spacial score (nSPS) is 11.2. The number of thiophene rings is 1. The van der Waals surface area contributed by atoms with Crippen molar-refractivity contribution in [2.75, 3.05) is 0 Å². The van der Waals surface area contributed by atoms with Gasteiger partial charge in [0.25, 0.3) is 0 Å². The third-order valence-electron chi connectivity index (χ3n) is 3.03. The zero-order valence-corrected chi connectivity index (χ0v) is 12.1. The van der Waals surface area contributed by atoms with Gasteiger partial charge in [0.2, 0.25) is 0 Å². The third kappa shape index (κ3) is 2.67. The van der Waals surface area contributed by atoms with Crippen LogP contribution in [0, 0.1) is 0 Å². The standard InChI is InChI=1S/C17H11ClOS/c18-14-5-3-4-12(10-14)16(19)9-8-13-11-20-17-7-2-1-6-15(13)17/h1-11H/b9-8+. The maximum atomic E-state index is 12.1. The predicted molar refractivity (Wildman–Crippen MR) is 86.6 cm³/mol. The van der Waals surface area contributed by atoms with E-state index in [-0.39, 0.29) is 5.78 Å². The highest BCUT2D eigenvalue weighted by Crippen LogP contribution is 2.26. The summed E-state index contributed by atoms with van der Waals surface area (Å²) in [6.45, 7) is 0. The van der Waals surface area contributed by atoms with Crippen molar-refractivity contribution >= 4 is 44.9 Å². The van der Waals surface area contributed by atoms with E-state index in [9.17, 15) is 4.79 Å². The van der Waals surface area contributed by atoms with Crippen LogP contribution in [0.3, 0.4) is 0 Å². The summed E-state index contributed by atoms with van der Waals surface area (Å²) in [6.07, 6.45) is 3.46. The summed E-state index contributed by atoms with van der Waals surface area (Å²) in [5.41, 5.74) is 1.68. The summed E-state index contributed by atoms with van der Waals surface area (Å²) < 4.78 is 1.22. The molecule has 1 aromatic heterocycles. The molecule has 0 saturated carbocycles. The van der Waals surface area contributed by atoms with E-state index in [0.717, 1.165) is 5.56 Å². The van der Waals surface area contributed by atoms with E-state index >= 15 is 0 Å². The van der Waals surface area contributed by atoms with E-state index in [4.69, 9.17) is 11.6 Å². The lowest BCUT2D eigenvalue weighted by molar-refractivity contribution is 0.104. The van der Waals surface area contributed by atoms with Gasteiger partial charge in [-0.05, 0) is 46.7 Å². The first kappa shape index (κ1) is 13.1. The van der Waals surface area contributed by atoms with Crippen LogP contribution >= 0.6 is 22.9 Å². The second kappa shape index (κ2) is 5.61.